The van der Waals surface area contributed by atoms with Crippen LogP contribution >= 0.6 is 22.0 Å². The van der Waals surface area contributed by atoms with E-state index in [1.807, 2.05) is 6.92 Å². The number of carbonyl (C=O) groups excluding carboxylic acids is 1. The van der Waals surface area contributed by atoms with E-state index >= 15 is 0 Å². The van der Waals surface area contributed by atoms with E-state index in [4.69, 9.17) is 15.4 Å². The molecule has 0 saturated carbocycles. The van der Waals surface area contributed by atoms with Crippen LogP contribution in [-0.2, 0) is 13.8 Å². The molecule has 1 atom stereocenters. The summed E-state index contributed by atoms with van der Waals surface area (Å²) in [5, 5.41) is 4.41. The lowest BCUT2D eigenvalue weighted by Gasteiger charge is -2.28. The highest BCUT2D eigenvalue weighted by molar-refractivity contribution is 8.15. The normalized spacial score (nSPS) is 18.7. The van der Waals surface area contributed by atoms with Crippen LogP contribution in [0.1, 0.15) is 30.1 Å². The summed E-state index contributed by atoms with van der Waals surface area (Å²) >= 11 is 0.947. The standard InChI is InChI=1S/C12H16ClNO4S2/c1-8(9-2-4-18-5-3-9)14-12(15)10-6-11(19-7-10)20(13,16)17/h6-9H,2-5H2,1H3,(H,14,15). The topological polar surface area (TPSA) is 72.5 Å². The number of hydrogen-bond acceptors (Lipinski definition) is 5. The molecular formula is C12H16ClNO4S2. The molecule has 5 nitrogen and oxygen atoms in total. The van der Waals surface area contributed by atoms with Crippen molar-refractivity contribution < 1.29 is 17.9 Å². The minimum absolute atomic E-state index is 0.0111. The molecule has 1 unspecified atom stereocenters. The maximum Gasteiger partial charge on any atom is 0.270 e. The summed E-state index contributed by atoms with van der Waals surface area (Å²) in [6.07, 6.45) is 1.85. The maximum absolute atomic E-state index is 12.1. The lowest BCUT2D eigenvalue weighted by molar-refractivity contribution is 0.0538. The smallest absolute Gasteiger partial charge is 0.270 e. The summed E-state index contributed by atoms with van der Waals surface area (Å²) in [6.45, 7) is 3.40. The highest BCUT2D eigenvalue weighted by Gasteiger charge is 2.23. The molecule has 0 bridgehead atoms. The van der Waals surface area contributed by atoms with Crippen molar-refractivity contribution in [2.24, 2.45) is 5.92 Å². The molecular weight excluding hydrogens is 322 g/mol. The van der Waals surface area contributed by atoms with E-state index in [0.717, 1.165) is 37.4 Å². The first-order valence-corrected chi connectivity index (χ1v) is 9.48. The second-order valence-electron chi connectivity index (χ2n) is 4.80. The van der Waals surface area contributed by atoms with Crippen molar-refractivity contribution in [2.45, 2.75) is 30.0 Å². The highest BCUT2D eigenvalue weighted by atomic mass is 35.7. The van der Waals surface area contributed by atoms with E-state index in [-0.39, 0.29) is 16.2 Å². The molecule has 1 saturated heterocycles. The van der Waals surface area contributed by atoms with Crippen LogP contribution in [0.15, 0.2) is 15.7 Å². The number of nitrogens with one attached hydrogen (secondary N) is 1. The lowest BCUT2D eigenvalue weighted by atomic mass is 9.93. The zero-order valence-corrected chi connectivity index (χ0v) is 13.4. The molecule has 0 aromatic carbocycles. The van der Waals surface area contributed by atoms with Gasteiger partial charge in [0.1, 0.15) is 4.21 Å². The van der Waals surface area contributed by atoms with Crippen LogP contribution in [0.3, 0.4) is 0 Å². The van der Waals surface area contributed by atoms with Crippen LogP contribution in [0.2, 0.25) is 0 Å². The van der Waals surface area contributed by atoms with Gasteiger partial charge in [-0.05, 0) is 31.7 Å². The van der Waals surface area contributed by atoms with Crippen LogP contribution in [0, 0.1) is 5.92 Å². The third-order valence-corrected chi connectivity index (χ3v) is 6.45. The molecule has 2 heterocycles. The molecule has 1 aromatic rings. The van der Waals surface area contributed by atoms with Crippen LogP contribution in [-0.4, -0.2) is 33.6 Å². The summed E-state index contributed by atoms with van der Waals surface area (Å²) in [6, 6.07) is 1.33. The number of ether oxygens (including phenoxy) is 1. The minimum Gasteiger partial charge on any atom is -0.381 e. The highest BCUT2D eigenvalue weighted by Crippen LogP contribution is 2.24. The van der Waals surface area contributed by atoms with Gasteiger partial charge >= 0.3 is 0 Å². The van der Waals surface area contributed by atoms with Crippen LogP contribution in [0.25, 0.3) is 0 Å². The molecule has 0 spiro atoms. The van der Waals surface area contributed by atoms with Gasteiger partial charge in [-0.15, -0.1) is 11.3 Å². The van der Waals surface area contributed by atoms with Gasteiger partial charge < -0.3 is 10.1 Å². The summed E-state index contributed by atoms with van der Waals surface area (Å²) < 4.78 is 27.6. The van der Waals surface area contributed by atoms with Gasteiger partial charge in [0, 0.05) is 35.3 Å². The van der Waals surface area contributed by atoms with Crippen molar-refractivity contribution in [1.82, 2.24) is 5.32 Å². The van der Waals surface area contributed by atoms with E-state index < -0.39 is 9.05 Å². The van der Waals surface area contributed by atoms with Crippen molar-refractivity contribution in [3.05, 3.63) is 17.0 Å². The molecule has 0 aliphatic carbocycles. The number of thiophene rings is 1. The molecule has 20 heavy (non-hydrogen) atoms. The molecule has 1 aliphatic heterocycles. The van der Waals surface area contributed by atoms with E-state index in [1.54, 1.807) is 0 Å². The zero-order chi connectivity index (χ0) is 14.8. The molecule has 2 rings (SSSR count). The first-order valence-electron chi connectivity index (χ1n) is 6.29. The van der Waals surface area contributed by atoms with Crippen LogP contribution in [0.4, 0.5) is 0 Å². The van der Waals surface area contributed by atoms with Gasteiger partial charge in [-0.1, -0.05) is 0 Å². The molecule has 0 radical (unpaired) electrons. The average molecular weight is 338 g/mol. The zero-order valence-electron chi connectivity index (χ0n) is 11.0. The first kappa shape index (κ1) is 15.8. The molecule has 112 valence electrons. The lowest BCUT2D eigenvalue weighted by Crippen LogP contribution is -2.40. The fraction of sp³-hybridized carbons (Fsp3) is 0.583. The average Bonchev–Trinajstić information content (AvgIpc) is 2.89. The van der Waals surface area contributed by atoms with Gasteiger partial charge in [0.25, 0.3) is 15.0 Å². The minimum atomic E-state index is -3.77. The Balaban J connectivity index is 1.99. The third-order valence-electron chi connectivity index (χ3n) is 3.41. The Morgan fingerprint density at radius 2 is 2.15 bits per heavy atom. The summed E-state index contributed by atoms with van der Waals surface area (Å²) in [7, 11) is 1.47. The molecule has 1 aliphatic rings. The molecule has 1 N–H and O–H groups in total. The van der Waals surface area contributed by atoms with Crippen LogP contribution < -0.4 is 5.32 Å². The fourth-order valence-electron chi connectivity index (χ4n) is 2.19. The number of halogens is 1. The van der Waals surface area contributed by atoms with E-state index in [2.05, 4.69) is 5.32 Å². The predicted molar refractivity (Wildman–Crippen MR) is 77.8 cm³/mol. The largest absolute Gasteiger partial charge is 0.381 e. The number of carbonyl (C=O) groups is 1. The predicted octanol–water partition coefficient (Wildman–Crippen LogP) is 2.22. The second-order valence-corrected chi connectivity index (χ2v) is 8.51. The Kier molecular flexibility index (Phi) is 5.06. The Morgan fingerprint density at radius 3 is 2.70 bits per heavy atom. The third kappa shape index (κ3) is 3.94. The van der Waals surface area contributed by atoms with Gasteiger partial charge in [0.2, 0.25) is 0 Å². The molecule has 1 amide bonds. The van der Waals surface area contributed by atoms with Crippen molar-refractivity contribution in [2.75, 3.05) is 13.2 Å². The van der Waals surface area contributed by atoms with Crippen molar-refractivity contribution in [3.63, 3.8) is 0 Å². The Hall–Kier alpha value is -0.630. The van der Waals surface area contributed by atoms with Crippen molar-refractivity contribution in [3.8, 4) is 0 Å². The van der Waals surface area contributed by atoms with Gasteiger partial charge in [0.15, 0.2) is 0 Å². The van der Waals surface area contributed by atoms with Gasteiger partial charge in [0.05, 0.1) is 5.56 Å². The summed E-state index contributed by atoms with van der Waals surface area (Å²) in [5.41, 5.74) is 0.327. The second kappa shape index (κ2) is 6.43. The van der Waals surface area contributed by atoms with Gasteiger partial charge in [-0.3, -0.25) is 4.79 Å². The number of amides is 1. The van der Waals surface area contributed by atoms with Gasteiger partial charge in [-0.2, -0.15) is 0 Å². The Morgan fingerprint density at radius 1 is 1.50 bits per heavy atom. The SMILES string of the molecule is CC(NC(=O)c1csc(S(=O)(=O)Cl)c1)C1CCOCC1. The monoisotopic (exact) mass is 337 g/mol. The van der Waals surface area contributed by atoms with Crippen molar-refractivity contribution >= 4 is 37.0 Å². The van der Waals surface area contributed by atoms with Crippen LogP contribution in [0.5, 0.6) is 0 Å². The van der Waals surface area contributed by atoms with Crippen molar-refractivity contribution in [1.29, 1.82) is 0 Å². The fourth-order valence-corrected chi connectivity index (χ4v) is 4.13. The molecule has 1 aromatic heterocycles. The maximum atomic E-state index is 12.1. The van der Waals surface area contributed by atoms with E-state index in [1.165, 1.54) is 11.4 Å². The van der Waals surface area contributed by atoms with Gasteiger partial charge in [-0.25, -0.2) is 8.42 Å². The Bertz CT molecular complexity index is 578. The summed E-state index contributed by atoms with van der Waals surface area (Å²) in [5.74, 6) is 0.120. The quantitative estimate of drug-likeness (QED) is 0.855. The number of hydrogen-bond donors (Lipinski definition) is 1. The molecule has 8 heteroatoms. The Labute approximate surface area is 126 Å². The first-order chi connectivity index (χ1) is 9.38. The number of rotatable bonds is 4. The molecule has 1 fully saturated rings. The van der Waals surface area contributed by atoms with E-state index in [9.17, 15) is 13.2 Å². The summed E-state index contributed by atoms with van der Waals surface area (Å²) in [4.78, 5) is 12.1. The van der Waals surface area contributed by atoms with E-state index in [0.29, 0.717) is 11.5 Å².